The number of urea groups is 1. The highest BCUT2D eigenvalue weighted by Crippen LogP contribution is 2.30. The first-order valence-electron chi connectivity index (χ1n) is 9.02. The number of carbonyl (C=O) groups is 1. The van der Waals surface area contributed by atoms with Gasteiger partial charge in [-0.15, -0.1) is 5.10 Å². The lowest BCUT2D eigenvalue weighted by molar-refractivity contribution is 0.206. The fourth-order valence-electron chi connectivity index (χ4n) is 3.35. The number of hydrogen-bond acceptors (Lipinski definition) is 4. The lowest BCUT2D eigenvalue weighted by Crippen LogP contribution is -2.38. The number of nitrogens with one attached hydrogen (secondary N) is 1. The maximum Gasteiger partial charge on any atom is 0.322 e. The van der Waals surface area contributed by atoms with E-state index in [0.717, 1.165) is 21.1 Å². The minimum Gasteiger partial charge on any atom is -0.319 e. The van der Waals surface area contributed by atoms with Gasteiger partial charge in [0.2, 0.25) is 4.96 Å². The van der Waals surface area contributed by atoms with E-state index in [-0.39, 0.29) is 11.1 Å². The first-order chi connectivity index (χ1) is 14.1. The molecular formula is C20H15ClFN5OS. The Morgan fingerprint density at radius 3 is 2.83 bits per heavy atom. The van der Waals surface area contributed by atoms with E-state index in [1.165, 1.54) is 18.2 Å². The Labute approximate surface area is 174 Å². The molecule has 0 saturated heterocycles. The largest absolute Gasteiger partial charge is 0.322 e. The average molecular weight is 428 g/mol. The SMILES string of the molecule is O=C(Nc1ccc(F)c(Cl)c1)N1CCc2c(sc3nc(-c4ccccc4)nn23)C1. The van der Waals surface area contributed by atoms with Crippen LogP contribution in [0.1, 0.15) is 10.6 Å². The van der Waals surface area contributed by atoms with E-state index in [9.17, 15) is 9.18 Å². The normalized spacial score (nSPS) is 13.5. The van der Waals surface area contributed by atoms with Crippen molar-refractivity contribution in [3.8, 4) is 11.4 Å². The molecule has 0 aliphatic carbocycles. The summed E-state index contributed by atoms with van der Waals surface area (Å²) < 4.78 is 15.2. The quantitative estimate of drug-likeness (QED) is 0.498. The molecule has 0 saturated carbocycles. The Bertz CT molecular complexity index is 1220. The molecule has 2 aromatic carbocycles. The van der Waals surface area contributed by atoms with Gasteiger partial charge < -0.3 is 10.2 Å². The maximum atomic E-state index is 13.3. The van der Waals surface area contributed by atoms with Crippen molar-refractivity contribution >= 4 is 39.6 Å². The van der Waals surface area contributed by atoms with Crippen LogP contribution in [0.4, 0.5) is 14.9 Å². The second kappa shape index (κ2) is 7.13. The van der Waals surface area contributed by atoms with E-state index in [0.29, 0.717) is 31.0 Å². The van der Waals surface area contributed by atoms with Crippen LogP contribution in [0.5, 0.6) is 0 Å². The zero-order valence-electron chi connectivity index (χ0n) is 15.1. The minimum atomic E-state index is -0.517. The van der Waals surface area contributed by atoms with Crippen LogP contribution in [0.25, 0.3) is 16.3 Å². The number of amides is 2. The third-order valence-electron chi connectivity index (χ3n) is 4.81. The molecule has 2 amide bonds. The third-order valence-corrected chi connectivity index (χ3v) is 6.16. The van der Waals surface area contributed by atoms with Crippen LogP contribution in [-0.2, 0) is 13.0 Å². The van der Waals surface area contributed by atoms with Crippen LogP contribution in [0, 0.1) is 5.82 Å². The summed E-state index contributed by atoms with van der Waals surface area (Å²) in [5.41, 5.74) is 2.53. The topological polar surface area (TPSA) is 62.5 Å². The van der Waals surface area contributed by atoms with Gasteiger partial charge in [0.05, 0.1) is 17.3 Å². The van der Waals surface area contributed by atoms with Crippen molar-refractivity contribution in [3.63, 3.8) is 0 Å². The second-order valence-electron chi connectivity index (χ2n) is 6.70. The van der Waals surface area contributed by atoms with Gasteiger partial charge in [-0.25, -0.2) is 13.7 Å². The summed E-state index contributed by atoms with van der Waals surface area (Å²) >= 11 is 7.33. The summed E-state index contributed by atoms with van der Waals surface area (Å²) in [5, 5.41) is 7.41. The Morgan fingerprint density at radius 2 is 2.03 bits per heavy atom. The van der Waals surface area contributed by atoms with Crippen molar-refractivity contribution in [2.24, 2.45) is 0 Å². The van der Waals surface area contributed by atoms with E-state index in [2.05, 4.69) is 15.4 Å². The number of carbonyl (C=O) groups excluding carboxylic acids is 1. The molecule has 1 aliphatic heterocycles. The number of fused-ring (bicyclic) bond motifs is 3. The van der Waals surface area contributed by atoms with Gasteiger partial charge in [-0.1, -0.05) is 53.3 Å². The minimum absolute atomic E-state index is 0.0245. The Balaban J connectivity index is 1.35. The van der Waals surface area contributed by atoms with Gasteiger partial charge in [0, 0.05) is 29.1 Å². The van der Waals surface area contributed by atoms with E-state index in [4.69, 9.17) is 11.6 Å². The Morgan fingerprint density at radius 1 is 1.21 bits per heavy atom. The molecule has 5 rings (SSSR count). The Hall–Kier alpha value is -2.97. The number of hydrogen-bond donors (Lipinski definition) is 1. The smallest absolute Gasteiger partial charge is 0.319 e. The van der Waals surface area contributed by atoms with Gasteiger partial charge in [0.25, 0.3) is 0 Å². The lowest BCUT2D eigenvalue weighted by Gasteiger charge is -2.26. The molecule has 29 heavy (non-hydrogen) atoms. The van der Waals surface area contributed by atoms with Gasteiger partial charge in [-0.2, -0.15) is 4.98 Å². The summed E-state index contributed by atoms with van der Waals surface area (Å²) in [7, 11) is 0. The Kier molecular flexibility index (Phi) is 4.44. The van der Waals surface area contributed by atoms with Crippen LogP contribution in [0.15, 0.2) is 48.5 Å². The average Bonchev–Trinajstić information content (AvgIpc) is 3.29. The zero-order valence-corrected chi connectivity index (χ0v) is 16.7. The van der Waals surface area contributed by atoms with E-state index in [1.807, 2.05) is 34.8 Å². The molecule has 9 heteroatoms. The van der Waals surface area contributed by atoms with Crippen molar-refractivity contribution in [1.82, 2.24) is 19.5 Å². The number of benzene rings is 2. The number of halogens is 2. The van der Waals surface area contributed by atoms with E-state index in [1.54, 1.807) is 16.2 Å². The molecule has 0 atom stereocenters. The fourth-order valence-corrected chi connectivity index (χ4v) is 4.65. The lowest BCUT2D eigenvalue weighted by atomic mass is 10.2. The van der Waals surface area contributed by atoms with E-state index >= 15 is 0 Å². The molecule has 6 nitrogen and oxygen atoms in total. The molecule has 0 radical (unpaired) electrons. The van der Waals surface area contributed by atoms with Gasteiger partial charge in [0.1, 0.15) is 5.82 Å². The molecule has 2 aromatic heterocycles. The van der Waals surface area contributed by atoms with Crippen LogP contribution < -0.4 is 5.32 Å². The van der Waals surface area contributed by atoms with Gasteiger partial charge >= 0.3 is 6.03 Å². The summed E-state index contributed by atoms with van der Waals surface area (Å²) in [6.07, 6.45) is 0.685. The van der Waals surface area contributed by atoms with Crippen LogP contribution in [-0.4, -0.2) is 32.1 Å². The van der Waals surface area contributed by atoms with Crippen molar-refractivity contribution in [2.75, 3.05) is 11.9 Å². The van der Waals surface area contributed by atoms with Crippen molar-refractivity contribution in [3.05, 3.63) is 69.9 Å². The summed E-state index contributed by atoms with van der Waals surface area (Å²) in [6.45, 7) is 1.03. The molecule has 1 N–H and O–H groups in total. The summed E-state index contributed by atoms with van der Waals surface area (Å²) in [6, 6.07) is 13.7. The fraction of sp³-hybridized carbons (Fsp3) is 0.150. The standard InChI is InChI=1S/C20H15ClFN5OS/c21-14-10-13(6-7-15(14)22)23-19(28)26-9-8-16-17(11-26)29-20-24-18(25-27(16)20)12-4-2-1-3-5-12/h1-7,10H,8-9,11H2,(H,23,28). The molecule has 0 unspecified atom stereocenters. The second-order valence-corrected chi connectivity index (χ2v) is 8.17. The molecule has 3 heterocycles. The van der Waals surface area contributed by atoms with Crippen LogP contribution in [0.3, 0.4) is 0 Å². The summed E-state index contributed by atoms with van der Waals surface area (Å²) in [5.74, 6) is 0.185. The molecule has 1 aliphatic rings. The number of nitrogens with zero attached hydrogens (tertiary/aromatic N) is 4. The maximum absolute atomic E-state index is 13.3. The van der Waals surface area contributed by atoms with Crippen molar-refractivity contribution in [2.45, 2.75) is 13.0 Å². The highest BCUT2D eigenvalue weighted by Gasteiger charge is 2.26. The molecule has 0 spiro atoms. The first kappa shape index (κ1) is 18.1. The first-order valence-corrected chi connectivity index (χ1v) is 10.2. The molecule has 146 valence electrons. The highest BCUT2D eigenvalue weighted by atomic mass is 35.5. The predicted octanol–water partition coefficient (Wildman–Crippen LogP) is 4.84. The summed E-state index contributed by atoms with van der Waals surface area (Å²) in [4.78, 5) is 20.9. The highest BCUT2D eigenvalue weighted by molar-refractivity contribution is 7.17. The number of anilines is 1. The van der Waals surface area contributed by atoms with Gasteiger partial charge in [0.15, 0.2) is 5.82 Å². The van der Waals surface area contributed by atoms with Gasteiger partial charge in [-0.05, 0) is 18.2 Å². The monoisotopic (exact) mass is 427 g/mol. The molecular weight excluding hydrogens is 413 g/mol. The zero-order chi connectivity index (χ0) is 20.0. The molecule has 4 aromatic rings. The van der Waals surface area contributed by atoms with Crippen molar-refractivity contribution in [1.29, 1.82) is 0 Å². The number of rotatable bonds is 2. The van der Waals surface area contributed by atoms with E-state index < -0.39 is 5.82 Å². The number of thiazole rings is 1. The molecule has 0 bridgehead atoms. The third kappa shape index (κ3) is 3.34. The van der Waals surface area contributed by atoms with Crippen LogP contribution >= 0.6 is 22.9 Å². The van der Waals surface area contributed by atoms with Gasteiger partial charge in [-0.3, -0.25) is 0 Å². The molecule has 0 fully saturated rings. The number of aromatic nitrogens is 3. The van der Waals surface area contributed by atoms with Crippen molar-refractivity contribution < 1.29 is 9.18 Å². The predicted molar refractivity (Wildman–Crippen MR) is 111 cm³/mol. The van der Waals surface area contributed by atoms with Crippen LogP contribution in [0.2, 0.25) is 5.02 Å².